The van der Waals surface area contributed by atoms with Crippen molar-refractivity contribution in [3.05, 3.63) is 63.7 Å². The van der Waals surface area contributed by atoms with Crippen LogP contribution >= 0.6 is 0 Å². The van der Waals surface area contributed by atoms with Gasteiger partial charge < -0.3 is 20.2 Å². The number of piperazine rings is 1. The van der Waals surface area contributed by atoms with Gasteiger partial charge in [-0.15, -0.1) is 0 Å². The maximum Gasteiger partial charge on any atom is 0.293 e. The van der Waals surface area contributed by atoms with E-state index in [4.69, 9.17) is 0 Å². The van der Waals surface area contributed by atoms with Gasteiger partial charge in [-0.25, -0.2) is 0 Å². The maximum atomic E-state index is 12.4. The van der Waals surface area contributed by atoms with E-state index in [-0.39, 0.29) is 22.9 Å². The number of carbonyl (C=O) groups is 2. The van der Waals surface area contributed by atoms with Gasteiger partial charge in [-0.3, -0.25) is 19.7 Å². The van der Waals surface area contributed by atoms with Crippen LogP contribution in [0.25, 0.3) is 0 Å². The van der Waals surface area contributed by atoms with Gasteiger partial charge in [-0.2, -0.15) is 0 Å². The van der Waals surface area contributed by atoms with Crippen molar-refractivity contribution >= 4 is 23.2 Å². The molecule has 2 aromatic rings. The molecule has 0 atom stereocenters. The molecule has 3 rings (SSSR count). The zero-order valence-corrected chi connectivity index (χ0v) is 16.7. The second-order valence-corrected chi connectivity index (χ2v) is 7.13. The lowest BCUT2D eigenvalue weighted by molar-refractivity contribution is -0.384. The molecule has 0 bridgehead atoms. The summed E-state index contributed by atoms with van der Waals surface area (Å²) in [6.07, 6.45) is 0.529. The van der Waals surface area contributed by atoms with Crippen LogP contribution in [0, 0.1) is 10.1 Å². The van der Waals surface area contributed by atoms with Gasteiger partial charge in [0.2, 0.25) is 5.91 Å². The van der Waals surface area contributed by atoms with Crippen molar-refractivity contribution in [2.75, 3.05) is 37.6 Å². The highest BCUT2D eigenvalue weighted by Crippen LogP contribution is 2.30. The molecule has 0 spiro atoms. The summed E-state index contributed by atoms with van der Waals surface area (Å²) in [6.45, 7) is 3.84. The van der Waals surface area contributed by atoms with Gasteiger partial charge in [0.25, 0.3) is 11.6 Å². The quantitative estimate of drug-likeness (QED) is 0.553. The number of nitro groups is 1. The van der Waals surface area contributed by atoms with Gasteiger partial charge >= 0.3 is 0 Å². The second kappa shape index (κ2) is 9.25. The van der Waals surface area contributed by atoms with E-state index in [1.54, 1.807) is 35.2 Å². The van der Waals surface area contributed by atoms with Crippen molar-refractivity contribution in [3.8, 4) is 5.75 Å². The number of nitrogens with one attached hydrogen (secondary N) is 1. The number of nitrogens with zero attached hydrogens (tertiary/aromatic N) is 3. The number of hydrogen-bond donors (Lipinski definition) is 2. The van der Waals surface area contributed by atoms with E-state index in [0.717, 1.165) is 5.56 Å². The Hall–Kier alpha value is -3.62. The first-order chi connectivity index (χ1) is 14.3. The highest BCUT2D eigenvalue weighted by atomic mass is 16.6. The molecule has 1 fully saturated rings. The fraction of sp³-hybridized carbons (Fsp3) is 0.333. The van der Waals surface area contributed by atoms with E-state index >= 15 is 0 Å². The minimum absolute atomic E-state index is 0.0121. The number of rotatable bonds is 6. The minimum Gasteiger partial charge on any atom is -0.508 e. The molecule has 2 aromatic carbocycles. The van der Waals surface area contributed by atoms with Gasteiger partial charge in [-0.05, 0) is 36.2 Å². The van der Waals surface area contributed by atoms with E-state index in [1.165, 1.54) is 13.0 Å². The SMILES string of the molecule is CC(=O)N1CCN(c2ccc(C(=O)NCCc3cccc(O)c3)cc2[N+](=O)[O-])CC1. The zero-order valence-electron chi connectivity index (χ0n) is 16.7. The monoisotopic (exact) mass is 412 g/mol. The Labute approximate surface area is 174 Å². The van der Waals surface area contributed by atoms with Crippen LogP contribution in [0.5, 0.6) is 5.75 Å². The maximum absolute atomic E-state index is 12.4. The van der Waals surface area contributed by atoms with Crippen molar-refractivity contribution in [2.45, 2.75) is 13.3 Å². The topological polar surface area (TPSA) is 116 Å². The fourth-order valence-corrected chi connectivity index (χ4v) is 3.47. The highest BCUT2D eigenvalue weighted by Gasteiger charge is 2.25. The Kier molecular flexibility index (Phi) is 6.51. The predicted octanol–water partition coefficient (Wildman–Crippen LogP) is 1.94. The molecule has 9 heteroatoms. The lowest BCUT2D eigenvalue weighted by Gasteiger charge is -2.35. The molecular formula is C21H24N4O5. The van der Waals surface area contributed by atoms with Crippen LogP contribution in [0.2, 0.25) is 0 Å². The Morgan fingerprint density at radius 3 is 2.50 bits per heavy atom. The van der Waals surface area contributed by atoms with Crippen LogP contribution in [-0.4, -0.2) is 59.5 Å². The number of nitro benzene ring substituents is 1. The van der Waals surface area contributed by atoms with Crippen LogP contribution in [0.15, 0.2) is 42.5 Å². The molecule has 0 saturated carbocycles. The average Bonchev–Trinajstić information content (AvgIpc) is 2.73. The molecule has 0 radical (unpaired) electrons. The molecule has 1 heterocycles. The number of benzene rings is 2. The molecule has 0 aromatic heterocycles. The van der Waals surface area contributed by atoms with Gasteiger partial charge in [-0.1, -0.05) is 12.1 Å². The molecule has 1 aliphatic rings. The number of amides is 2. The number of phenolic OH excluding ortho intramolecular Hbond substituents is 1. The molecule has 0 aliphatic carbocycles. The first-order valence-corrected chi connectivity index (χ1v) is 9.70. The minimum atomic E-state index is -0.490. The molecular weight excluding hydrogens is 388 g/mol. The summed E-state index contributed by atoms with van der Waals surface area (Å²) in [6, 6.07) is 11.2. The Morgan fingerprint density at radius 1 is 1.13 bits per heavy atom. The fourth-order valence-electron chi connectivity index (χ4n) is 3.47. The van der Waals surface area contributed by atoms with Gasteiger partial charge in [0.15, 0.2) is 0 Å². The van der Waals surface area contributed by atoms with Crippen molar-refractivity contribution in [1.82, 2.24) is 10.2 Å². The molecule has 2 N–H and O–H groups in total. The lowest BCUT2D eigenvalue weighted by atomic mass is 10.1. The number of aromatic hydroxyl groups is 1. The second-order valence-electron chi connectivity index (χ2n) is 7.13. The van der Waals surface area contributed by atoms with Crippen LogP contribution in [-0.2, 0) is 11.2 Å². The van der Waals surface area contributed by atoms with Crippen molar-refractivity contribution in [3.63, 3.8) is 0 Å². The number of phenols is 1. The average molecular weight is 412 g/mol. The first-order valence-electron chi connectivity index (χ1n) is 9.70. The summed E-state index contributed by atoms with van der Waals surface area (Å²) in [5.74, 6) is -0.248. The summed E-state index contributed by atoms with van der Waals surface area (Å²) >= 11 is 0. The third-order valence-corrected chi connectivity index (χ3v) is 5.11. The van der Waals surface area contributed by atoms with Gasteiger partial charge in [0.05, 0.1) is 4.92 Å². The van der Waals surface area contributed by atoms with Crippen molar-refractivity contribution in [1.29, 1.82) is 0 Å². The number of carbonyl (C=O) groups excluding carboxylic acids is 2. The summed E-state index contributed by atoms with van der Waals surface area (Å²) in [7, 11) is 0. The molecule has 1 aliphatic heterocycles. The molecule has 1 saturated heterocycles. The third kappa shape index (κ3) is 5.05. The van der Waals surface area contributed by atoms with E-state index < -0.39 is 10.8 Å². The number of hydrogen-bond acceptors (Lipinski definition) is 6. The lowest BCUT2D eigenvalue weighted by Crippen LogP contribution is -2.48. The Balaban J connectivity index is 1.66. The predicted molar refractivity (Wildman–Crippen MR) is 112 cm³/mol. The molecule has 30 heavy (non-hydrogen) atoms. The van der Waals surface area contributed by atoms with Gasteiger partial charge in [0.1, 0.15) is 11.4 Å². The zero-order chi connectivity index (χ0) is 21.7. The summed E-state index contributed by atoms with van der Waals surface area (Å²) in [4.78, 5) is 38.6. The molecule has 158 valence electrons. The molecule has 9 nitrogen and oxygen atoms in total. The van der Waals surface area contributed by atoms with E-state index in [0.29, 0.717) is 44.8 Å². The molecule has 2 amide bonds. The molecule has 0 unspecified atom stereocenters. The Morgan fingerprint density at radius 2 is 1.87 bits per heavy atom. The smallest absolute Gasteiger partial charge is 0.293 e. The third-order valence-electron chi connectivity index (χ3n) is 5.11. The summed E-state index contributed by atoms with van der Waals surface area (Å²) in [5, 5.41) is 23.8. The van der Waals surface area contributed by atoms with Crippen LogP contribution in [0.1, 0.15) is 22.8 Å². The highest BCUT2D eigenvalue weighted by molar-refractivity contribution is 5.95. The summed E-state index contributed by atoms with van der Waals surface area (Å²) in [5.41, 5.74) is 1.40. The van der Waals surface area contributed by atoms with Crippen molar-refractivity contribution in [2.24, 2.45) is 0 Å². The number of anilines is 1. The normalized spacial score (nSPS) is 13.8. The van der Waals surface area contributed by atoms with Crippen molar-refractivity contribution < 1.29 is 19.6 Å². The van der Waals surface area contributed by atoms with Crippen LogP contribution in [0.3, 0.4) is 0 Å². The standard InChI is InChI=1S/C21H24N4O5/c1-15(26)23-9-11-24(12-10-23)19-6-5-17(14-20(19)25(29)30)21(28)22-8-7-16-3-2-4-18(27)13-16/h2-6,13-14,27H,7-12H2,1H3,(H,22,28). The first kappa shape index (κ1) is 21.1. The van der Waals surface area contributed by atoms with E-state index in [2.05, 4.69) is 5.32 Å². The van der Waals surface area contributed by atoms with Gasteiger partial charge in [0, 0.05) is 51.3 Å². The van der Waals surface area contributed by atoms with Crippen LogP contribution < -0.4 is 10.2 Å². The van der Waals surface area contributed by atoms with E-state index in [9.17, 15) is 24.8 Å². The van der Waals surface area contributed by atoms with Crippen LogP contribution in [0.4, 0.5) is 11.4 Å². The largest absolute Gasteiger partial charge is 0.508 e. The van der Waals surface area contributed by atoms with E-state index in [1.807, 2.05) is 11.0 Å². The summed E-state index contributed by atoms with van der Waals surface area (Å²) < 4.78 is 0. The Bertz CT molecular complexity index is 954.